The van der Waals surface area contributed by atoms with E-state index in [1.165, 1.54) is 12.1 Å². The third-order valence-corrected chi connectivity index (χ3v) is 2.75. The fourth-order valence-electron chi connectivity index (χ4n) is 1.56. The van der Waals surface area contributed by atoms with Gasteiger partial charge in [0, 0.05) is 12.0 Å². The van der Waals surface area contributed by atoms with Crippen LogP contribution in [0.1, 0.15) is 15.9 Å². The van der Waals surface area contributed by atoms with Gasteiger partial charge in [0.25, 0.3) is 0 Å². The summed E-state index contributed by atoms with van der Waals surface area (Å²) in [4.78, 5) is 11.9. The quantitative estimate of drug-likeness (QED) is 0.753. The molecule has 3 heteroatoms. The number of hydrogen-bond donors (Lipinski definition) is 0. The topological polar surface area (TPSA) is 17.1 Å². The first-order valence-corrected chi connectivity index (χ1v) is 5.57. The number of carbonyl (C=O) groups is 1. The molecule has 0 aromatic heterocycles. The van der Waals surface area contributed by atoms with Gasteiger partial charge in [0.05, 0.1) is 5.02 Å². The lowest BCUT2D eigenvalue weighted by Gasteiger charge is -2.02. The highest BCUT2D eigenvalue weighted by Gasteiger charge is 2.08. The monoisotopic (exact) mass is 248 g/mol. The van der Waals surface area contributed by atoms with Crippen molar-refractivity contribution in [3.63, 3.8) is 0 Å². The van der Waals surface area contributed by atoms with Crippen molar-refractivity contribution in [1.82, 2.24) is 0 Å². The zero-order chi connectivity index (χ0) is 12.3. The molecule has 0 saturated carbocycles. The summed E-state index contributed by atoms with van der Waals surface area (Å²) in [6, 6.07) is 13.4. The van der Waals surface area contributed by atoms with Gasteiger partial charge in [0.2, 0.25) is 0 Å². The highest BCUT2D eigenvalue weighted by molar-refractivity contribution is 6.30. The number of Topliss-reactive ketones (excluding diaryl/α,β-unsaturated/α-hetero) is 1. The molecular formula is C14H10ClFO. The highest BCUT2D eigenvalue weighted by Crippen LogP contribution is 2.16. The van der Waals surface area contributed by atoms with Crippen LogP contribution in [0.4, 0.5) is 4.39 Å². The number of hydrogen-bond acceptors (Lipinski definition) is 1. The average Bonchev–Trinajstić information content (AvgIpc) is 2.35. The van der Waals surface area contributed by atoms with Crippen LogP contribution in [0.2, 0.25) is 5.02 Å². The first kappa shape index (κ1) is 11.8. The first-order chi connectivity index (χ1) is 8.16. The van der Waals surface area contributed by atoms with Gasteiger partial charge in [-0.2, -0.15) is 0 Å². The van der Waals surface area contributed by atoms with Crippen molar-refractivity contribution in [1.29, 1.82) is 0 Å². The van der Waals surface area contributed by atoms with Crippen LogP contribution in [-0.2, 0) is 6.42 Å². The second-order valence-electron chi connectivity index (χ2n) is 3.71. The van der Waals surface area contributed by atoms with Crippen LogP contribution in [0.15, 0.2) is 48.5 Å². The fraction of sp³-hybridized carbons (Fsp3) is 0.0714. The molecule has 1 nitrogen and oxygen atoms in total. The molecule has 17 heavy (non-hydrogen) atoms. The summed E-state index contributed by atoms with van der Waals surface area (Å²) in [5, 5.41) is 0.0703. The third-order valence-electron chi connectivity index (χ3n) is 2.44. The summed E-state index contributed by atoms with van der Waals surface area (Å²) < 4.78 is 13.2. The second-order valence-corrected chi connectivity index (χ2v) is 4.12. The minimum Gasteiger partial charge on any atom is -0.294 e. The van der Waals surface area contributed by atoms with Gasteiger partial charge in [-0.3, -0.25) is 4.79 Å². The number of rotatable bonds is 3. The number of benzene rings is 2. The van der Waals surface area contributed by atoms with Gasteiger partial charge in [-0.1, -0.05) is 48.0 Å². The number of halogens is 2. The minimum absolute atomic E-state index is 0.0349. The van der Waals surface area contributed by atoms with Crippen LogP contribution in [-0.4, -0.2) is 5.78 Å². The van der Waals surface area contributed by atoms with Crippen molar-refractivity contribution in [2.45, 2.75) is 6.42 Å². The lowest BCUT2D eigenvalue weighted by Crippen LogP contribution is -2.03. The standard InChI is InChI=1S/C14H10ClFO/c15-12-7-6-10(8-13(12)16)9-14(17)11-4-2-1-3-5-11/h1-8H,9H2. The number of ketones is 1. The summed E-state index contributed by atoms with van der Waals surface area (Å²) in [6.45, 7) is 0. The van der Waals surface area contributed by atoms with Gasteiger partial charge in [-0.05, 0) is 17.7 Å². The Morgan fingerprint density at radius 2 is 1.82 bits per heavy atom. The highest BCUT2D eigenvalue weighted by atomic mass is 35.5. The van der Waals surface area contributed by atoms with E-state index in [-0.39, 0.29) is 17.2 Å². The van der Waals surface area contributed by atoms with Gasteiger partial charge in [0.15, 0.2) is 5.78 Å². The van der Waals surface area contributed by atoms with Gasteiger partial charge < -0.3 is 0 Å². The Hall–Kier alpha value is -1.67. The Balaban J connectivity index is 2.16. The first-order valence-electron chi connectivity index (χ1n) is 5.19. The molecule has 0 N–H and O–H groups in total. The predicted molar refractivity (Wildman–Crippen MR) is 65.9 cm³/mol. The predicted octanol–water partition coefficient (Wildman–Crippen LogP) is 3.90. The van der Waals surface area contributed by atoms with Crippen molar-refractivity contribution in [2.75, 3.05) is 0 Å². The molecule has 0 aliphatic carbocycles. The lowest BCUT2D eigenvalue weighted by molar-refractivity contribution is 0.0993. The Kier molecular flexibility index (Phi) is 3.55. The molecule has 0 unspecified atom stereocenters. The van der Waals surface area contributed by atoms with E-state index in [0.717, 1.165) is 0 Å². The molecular weight excluding hydrogens is 239 g/mol. The second kappa shape index (κ2) is 5.11. The Morgan fingerprint density at radius 1 is 1.12 bits per heavy atom. The maximum atomic E-state index is 13.2. The van der Waals surface area contributed by atoms with Gasteiger partial charge in [-0.15, -0.1) is 0 Å². The summed E-state index contributed by atoms with van der Waals surface area (Å²) in [5.74, 6) is -0.530. The fourth-order valence-corrected chi connectivity index (χ4v) is 1.68. The molecule has 0 radical (unpaired) electrons. The molecule has 2 aromatic carbocycles. The van der Waals surface area contributed by atoms with Crippen LogP contribution in [0.25, 0.3) is 0 Å². The van der Waals surface area contributed by atoms with Crippen molar-refractivity contribution in [3.05, 3.63) is 70.5 Å². The molecule has 0 bridgehead atoms. The smallest absolute Gasteiger partial charge is 0.167 e. The molecule has 0 spiro atoms. The third kappa shape index (κ3) is 2.92. The summed E-state index contributed by atoms with van der Waals surface area (Å²) in [7, 11) is 0. The molecule has 86 valence electrons. The van der Waals surface area contributed by atoms with E-state index in [0.29, 0.717) is 11.1 Å². The lowest BCUT2D eigenvalue weighted by atomic mass is 10.0. The molecule has 0 saturated heterocycles. The van der Waals surface area contributed by atoms with Gasteiger partial charge >= 0.3 is 0 Å². The van der Waals surface area contributed by atoms with Crippen LogP contribution in [0.3, 0.4) is 0 Å². The van der Waals surface area contributed by atoms with Gasteiger partial charge in [-0.25, -0.2) is 4.39 Å². The van der Waals surface area contributed by atoms with Crippen molar-refractivity contribution in [2.24, 2.45) is 0 Å². The van der Waals surface area contributed by atoms with E-state index in [4.69, 9.17) is 11.6 Å². The Morgan fingerprint density at radius 3 is 2.47 bits per heavy atom. The van der Waals surface area contributed by atoms with Gasteiger partial charge in [0.1, 0.15) is 5.82 Å². The van der Waals surface area contributed by atoms with E-state index in [9.17, 15) is 9.18 Å². The van der Waals surface area contributed by atoms with Crippen LogP contribution in [0, 0.1) is 5.82 Å². The zero-order valence-corrected chi connectivity index (χ0v) is 9.75. The van der Waals surface area contributed by atoms with E-state index in [1.54, 1.807) is 30.3 Å². The van der Waals surface area contributed by atoms with Crippen LogP contribution < -0.4 is 0 Å². The van der Waals surface area contributed by atoms with E-state index in [2.05, 4.69) is 0 Å². The summed E-state index contributed by atoms with van der Waals surface area (Å²) in [6.07, 6.45) is 0.179. The largest absolute Gasteiger partial charge is 0.294 e. The summed E-state index contributed by atoms with van der Waals surface area (Å²) in [5.41, 5.74) is 1.25. The molecule has 2 rings (SSSR count). The molecule has 0 amide bonds. The molecule has 0 fully saturated rings. The maximum absolute atomic E-state index is 13.2. The Bertz CT molecular complexity index is 537. The SMILES string of the molecule is O=C(Cc1ccc(Cl)c(F)c1)c1ccccc1. The van der Waals surface area contributed by atoms with Crippen LogP contribution >= 0.6 is 11.6 Å². The number of carbonyl (C=O) groups excluding carboxylic acids is 1. The van der Waals surface area contributed by atoms with E-state index >= 15 is 0 Å². The molecule has 0 heterocycles. The zero-order valence-electron chi connectivity index (χ0n) is 8.99. The van der Waals surface area contributed by atoms with Crippen molar-refractivity contribution in [3.8, 4) is 0 Å². The minimum atomic E-state index is -0.495. The molecule has 0 atom stereocenters. The van der Waals surface area contributed by atoms with Crippen LogP contribution in [0.5, 0.6) is 0 Å². The summed E-state index contributed by atoms with van der Waals surface area (Å²) >= 11 is 5.57. The molecule has 2 aromatic rings. The van der Waals surface area contributed by atoms with Crippen molar-refractivity contribution < 1.29 is 9.18 Å². The molecule has 0 aliphatic rings. The average molecular weight is 249 g/mol. The van der Waals surface area contributed by atoms with Crippen molar-refractivity contribution >= 4 is 17.4 Å². The normalized spacial score (nSPS) is 10.2. The van der Waals surface area contributed by atoms with E-state index < -0.39 is 5.82 Å². The molecule has 0 aliphatic heterocycles. The maximum Gasteiger partial charge on any atom is 0.167 e. The Labute approximate surface area is 104 Å². The van der Waals surface area contributed by atoms with E-state index in [1.807, 2.05) is 6.07 Å².